The van der Waals surface area contributed by atoms with E-state index in [0.717, 1.165) is 33.2 Å². The molecule has 1 aliphatic rings. The molecule has 2 nitrogen and oxygen atoms in total. The molecule has 4 aromatic carbocycles. The molecule has 0 bridgehead atoms. The summed E-state index contributed by atoms with van der Waals surface area (Å²) in [6.07, 6.45) is 0.330. The van der Waals surface area contributed by atoms with E-state index in [1.54, 1.807) is 12.1 Å². The van der Waals surface area contributed by atoms with Crippen LogP contribution < -0.4 is 4.90 Å². The number of rotatable bonds is 3. The summed E-state index contributed by atoms with van der Waals surface area (Å²) in [6, 6.07) is 26.3. The van der Waals surface area contributed by atoms with E-state index in [-0.39, 0.29) is 17.6 Å². The van der Waals surface area contributed by atoms with Crippen molar-refractivity contribution in [2.45, 2.75) is 18.9 Å². The van der Waals surface area contributed by atoms with E-state index in [2.05, 4.69) is 12.1 Å². The second-order valence-electron chi connectivity index (χ2n) is 7.60. The van der Waals surface area contributed by atoms with Gasteiger partial charge in [-0.3, -0.25) is 4.79 Å². The maximum absolute atomic E-state index is 13.5. The topological polar surface area (TPSA) is 20.3 Å². The number of hydrogen-bond acceptors (Lipinski definition) is 1. The van der Waals surface area contributed by atoms with Crippen molar-refractivity contribution in [3.05, 3.63) is 112 Å². The number of benzene rings is 4. The average molecular weight is 416 g/mol. The van der Waals surface area contributed by atoms with Crippen LogP contribution in [0.25, 0.3) is 10.8 Å². The Morgan fingerprint density at radius 3 is 2.43 bits per heavy atom. The highest BCUT2D eigenvalue weighted by atomic mass is 35.5. The molecule has 1 heterocycles. The van der Waals surface area contributed by atoms with Gasteiger partial charge in [0.05, 0.1) is 6.54 Å². The third-order valence-electron chi connectivity index (χ3n) is 5.83. The van der Waals surface area contributed by atoms with Crippen molar-refractivity contribution in [3.63, 3.8) is 0 Å². The van der Waals surface area contributed by atoms with E-state index in [4.69, 9.17) is 11.6 Å². The Balaban J connectivity index is 1.69. The molecule has 0 aliphatic carbocycles. The molecule has 0 radical (unpaired) electrons. The quantitative estimate of drug-likeness (QED) is 0.364. The second kappa shape index (κ2) is 7.58. The summed E-state index contributed by atoms with van der Waals surface area (Å²) >= 11 is 6.38. The predicted octanol–water partition coefficient (Wildman–Crippen LogP) is 6.70. The van der Waals surface area contributed by atoms with Gasteiger partial charge in [-0.05, 0) is 51.7 Å². The molecule has 0 saturated heterocycles. The van der Waals surface area contributed by atoms with Crippen LogP contribution in [-0.4, -0.2) is 5.91 Å². The number of anilines is 1. The molecule has 1 unspecified atom stereocenters. The molecule has 0 saturated carbocycles. The fourth-order valence-electron chi connectivity index (χ4n) is 4.36. The molecule has 1 aliphatic heterocycles. The first-order valence-corrected chi connectivity index (χ1v) is 10.3. The van der Waals surface area contributed by atoms with E-state index in [0.29, 0.717) is 18.0 Å². The zero-order chi connectivity index (χ0) is 20.7. The van der Waals surface area contributed by atoms with Gasteiger partial charge in [0.25, 0.3) is 0 Å². The predicted molar refractivity (Wildman–Crippen MR) is 119 cm³/mol. The van der Waals surface area contributed by atoms with E-state index in [1.807, 2.05) is 53.4 Å². The van der Waals surface area contributed by atoms with E-state index < -0.39 is 0 Å². The van der Waals surface area contributed by atoms with Gasteiger partial charge >= 0.3 is 0 Å². The van der Waals surface area contributed by atoms with Gasteiger partial charge in [0.2, 0.25) is 5.91 Å². The smallest absolute Gasteiger partial charge is 0.228 e. The number of carbonyl (C=O) groups excluding carboxylic acids is 1. The zero-order valence-electron chi connectivity index (χ0n) is 16.2. The minimum Gasteiger partial charge on any atom is -0.308 e. The van der Waals surface area contributed by atoms with Crippen LogP contribution in [0.15, 0.2) is 84.9 Å². The second-order valence-corrected chi connectivity index (χ2v) is 8.01. The summed E-state index contributed by atoms with van der Waals surface area (Å²) in [5.41, 5.74) is 3.84. The van der Waals surface area contributed by atoms with Crippen LogP contribution in [0.1, 0.15) is 29.0 Å². The molecule has 0 spiro atoms. The summed E-state index contributed by atoms with van der Waals surface area (Å²) in [5, 5.41) is 2.88. The Morgan fingerprint density at radius 1 is 0.900 bits per heavy atom. The van der Waals surface area contributed by atoms with Crippen LogP contribution in [0.2, 0.25) is 5.02 Å². The highest BCUT2D eigenvalue weighted by Crippen LogP contribution is 2.44. The van der Waals surface area contributed by atoms with Crippen LogP contribution in [-0.2, 0) is 11.3 Å². The van der Waals surface area contributed by atoms with Crippen molar-refractivity contribution in [1.82, 2.24) is 0 Å². The van der Waals surface area contributed by atoms with Gasteiger partial charge < -0.3 is 4.90 Å². The molecule has 4 aromatic rings. The summed E-state index contributed by atoms with van der Waals surface area (Å²) < 4.78 is 13.5. The highest BCUT2D eigenvalue weighted by molar-refractivity contribution is 6.31. The Labute approximate surface area is 179 Å². The van der Waals surface area contributed by atoms with Gasteiger partial charge in [0.1, 0.15) is 5.82 Å². The van der Waals surface area contributed by atoms with Crippen molar-refractivity contribution in [2.24, 2.45) is 0 Å². The lowest BCUT2D eigenvalue weighted by Crippen LogP contribution is -2.36. The van der Waals surface area contributed by atoms with Crippen LogP contribution in [0.5, 0.6) is 0 Å². The van der Waals surface area contributed by atoms with Crippen LogP contribution in [0.4, 0.5) is 10.1 Å². The van der Waals surface area contributed by atoms with E-state index in [1.165, 1.54) is 12.1 Å². The summed E-state index contributed by atoms with van der Waals surface area (Å²) in [6.45, 7) is 0.417. The molecule has 148 valence electrons. The minimum atomic E-state index is -0.278. The molecule has 0 N–H and O–H groups in total. The number of amides is 1. The molecule has 0 fully saturated rings. The van der Waals surface area contributed by atoms with Crippen molar-refractivity contribution in [2.75, 3.05) is 4.90 Å². The van der Waals surface area contributed by atoms with Gasteiger partial charge in [-0.1, -0.05) is 72.3 Å². The van der Waals surface area contributed by atoms with Crippen LogP contribution in [0.3, 0.4) is 0 Å². The molecule has 0 aromatic heterocycles. The Bertz CT molecular complexity index is 1250. The average Bonchev–Trinajstić information content (AvgIpc) is 2.77. The lowest BCUT2D eigenvalue weighted by Gasteiger charge is -2.35. The molecule has 1 amide bonds. The maximum Gasteiger partial charge on any atom is 0.228 e. The largest absolute Gasteiger partial charge is 0.308 e. The first-order valence-electron chi connectivity index (χ1n) is 9.92. The SMILES string of the molecule is O=C1CC(c2ccc(F)cc2)c2c(ccc3ccccc23)N1Cc1ccccc1Cl. The first kappa shape index (κ1) is 18.8. The third kappa shape index (κ3) is 3.25. The fourth-order valence-corrected chi connectivity index (χ4v) is 4.55. The Morgan fingerprint density at radius 2 is 1.63 bits per heavy atom. The number of nitrogens with zero attached hydrogens (tertiary/aromatic N) is 1. The van der Waals surface area contributed by atoms with Gasteiger partial charge in [-0.2, -0.15) is 0 Å². The van der Waals surface area contributed by atoms with E-state index in [9.17, 15) is 9.18 Å². The third-order valence-corrected chi connectivity index (χ3v) is 6.19. The highest BCUT2D eigenvalue weighted by Gasteiger charge is 2.33. The maximum atomic E-state index is 13.5. The number of carbonyl (C=O) groups is 1. The van der Waals surface area contributed by atoms with Gasteiger partial charge in [0, 0.05) is 23.0 Å². The lowest BCUT2D eigenvalue weighted by atomic mass is 9.81. The molecule has 1 atom stereocenters. The van der Waals surface area contributed by atoms with Gasteiger partial charge in [-0.25, -0.2) is 4.39 Å². The van der Waals surface area contributed by atoms with Crippen LogP contribution >= 0.6 is 11.6 Å². The van der Waals surface area contributed by atoms with Crippen molar-refractivity contribution in [1.29, 1.82) is 0 Å². The standard InChI is InChI=1S/C26H19ClFNO/c27-23-8-4-2-6-19(23)16-29-24-14-11-17-5-1-3-7-21(17)26(24)22(15-25(29)30)18-9-12-20(28)13-10-18/h1-14,22H,15-16H2. The first-order chi connectivity index (χ1) is 14.6. The Kier molecular flexibility index (Phi) is 4.76. The molecular formula is C26H19ClFNO. The van der Waals surface area contributed by atoms with Crippen LogP contribution in [0, 0.1) is 5.82 Å². The fraction of sp³-hybridized carbons (Fsp3) is 0.115. The minimum absolute atomic E-state index is 0.0343. The number of halogens is 2. The monoisotopic (exact) mass is 415 g/mol. The zero-order valence-corrected chi connectivity index (χ0v) is 16.9. The Hall–Kier alpha value is -3.17. The number of fused-ring (bicyclic) bond motifs is 3. The molecule has 30 heavy (non-hydrogen) atoms. The normalized spacial score (nSPS) is 16.0. The summed E-state index contributed by atoms with van der Waals surface area (Å²) in [7, 11) is 0. The number of hydrogen-bond donors (Lipinski definition) is 0. The summed E-state index contributed by atoms with van der Waals surface area (Å²) in [5.74, 6) is -0.368. The van der Waals surface area contributed by atoms with Gasteiger partial charge in [-0.15, -0.1) is 0 Å². The van der Waals surface area contributed by atoms with Crippen molar-refractivity contribution >= 4 is 34.0 Å². The van der Waals surface area contributed by atoms with E-state index >= 15 is 0 Å². The molecule has 4 heteroatoms. The van der Waals surface area contributed by atoms with Crippen molar-refractivity contribution in [3.8, 4) is 0 Å². The molecular weight excluding hydrogens is 397 g/mol. The summed E-state index contributed by atoms with van der Waals surface area (Å²) in [4.78, 5) is 15.1. The van der Waals surface area contributed by atoms with Gasteiger partial charge in [0.15, 0.2) is 0 Å². The lowest BCUT2D eigenvalue weighted by molar-refractivity contribution is -0.119. The molecule has 5 rings (SSSR count). The van der Waals surface area contributed by atoms with Crippen molar-refractivity contribution < 1.29 is 9.18 Å².